The predicted molar refractivity (Wildman–Crippen MR) is 249 cm³/mol. The number of benzene rings is 9. The van der Waals surface area contributed by atoms with Crippen molar-refractivity contribution in [3.8, 4) is 0 Å². The second-order valence-corrected chi connectivity index (χ2v) is 22.7. The maximum atomic E-state index is 7.11. The van der Waals surface area contributed by atoms with Crippen LogP contribution in [0.15, 0.2) is 241 Å². The molecule has 0 unspecified atom stereocenters. The molecule has 1 aliphatic heterocycles. The van der Waals surface area contributed by atoms with E-state index in [1.807, 2.05) is 0 Å². The van der Waals surface area contributed by atoms with Crippen LogP contribution in [-0.2, 0) is 0 Å². The Morgan fingerprint density at radius 1 is 0.379 bits per heavy atom. The summed E-state index contributed by atoms with van der Waals surface area (Å²) in [4.78, 5) is 2.55. The van der Waals surface area contributed by atoms with E-state index in [-0.39, 0.29) is 0 Å². The number of anilines is 3. The van der Waals surface area contributed by atoms with Crippen molar-refractivity contribution < 1.29 is 4.42 Å². The van der Waals surface area contributed by atoms with Gasteiger partial charge in [0.1, 0.15) is 11.2 Å². The van der Waals surface area contributed by atoms with Gasteiger partial charge in [-0.3, -0.25) is 0 Å². The molecular weight excluding hydrogens is 735 g/mol. The van der Waals surface area contributed by atoms with Gasteiger partial charge in [0.2, 0.25) is 0 Å². The van der Waals surface area contributed by atoms with Gasteiger partial charge in [0.15, 0.2) is 16.1 Å². The summed E-state index contributed by atoms with van der Waals surface area (Å²) in [7, 11) is -5.85. The van der Waals surface area contributed by atoms with Crippen LogP contribution in [0.4, 0.5) is 17.1 Å². The SMILES string of the molecule is c1ccc([Si]2(c3ccccc3)c3ccccc3N(c3cc([Si](c4ccccc4)(c4ccccc4)c4ccccc4)c4oc5ccccc5c4c3)c3ccccc32)cc1. The predicted octanol–water partition coefficient (Wildman–Crippen LogP) is 8.12. The number of furan rings is 1. The average Bonchev–Trinajstić information content (AvgIpc) is 3.69. The van der Waals surface area contributed by atoms with Gasteiger partial charge in [0, 0.05) is 27.8 Å². The smallest absolute Gasteiger partial charge is 0.184 e. The van der Waals surface area contributed by atoms with Crippen LogP contribution in [0.2, 0.25) is 0 Å². The molecule has 1 aromatic heterocycles. The summed E-state index contributed by atoms with van der Waals surface area (Å²) in [5, 5.41) is 12.9. The van der Waals surface area contributed by atoms with Crippen LogP contribution in [0.25, 0.3) is 21.9 Å². The standard InChI is InChI=1S/C54H39NOSi2/c1-6-22-41(23-7-1)57(42-24-8-2-9-25-42,43-26-10-3-11-27-43)53-39-40(38-47-46-32-16-19-35-50(46)56-54(47)53)55-48-33-17-20-36-51(48)58(44-28-12-4-13-29-44,45-30-14-5-15-31-45)52-37-21-18-34-49(52)55/h1-39H. The topological polar surface area (TPSA) is 16.4 Å². The fraction of sp³-hybridized carbons (Fsp3) is 0. The van der Waals surface area contributed by atoms with Crippen LogP contribution >= 0.6 is 0 Å². The van der Waals surface area contributed by atoms with Crippen molar-refractivity contribution in [1.29, 1.82) is 0 Å². The Hall–Kier alpha value is -6.99. The molecule has 9 aromatic carbocycles. The van der Waals surface area contributed by atoms with E-state index in [9.17, 15) is 0 Å². The van der Waals surface area contributed by atoms with Crippen LogP contribution in [0.1, 0.15) is 0 Å². The van der Waals surface area contributed by atoms with Crippen molar-refractivity contribution in [2.24, 2.45) is 0 Å². The Morgan fingerprint density at radius 2 is 0.793 bits per heavy atom. The fourth-order valence-electron chi connectivity index (χ4n) is 9.94. The molecule has 0 spiro atoms. The fourth-order valence-corrected chi connectivity index (χ4v) is 19.9. The van der Waals surface area contributed by atoms with Crippen molar-refractivity contribution in [3.05, 3.63) is 237 Å². The monoisotopic (exact) mass is 773 g/mol. The van der Waals surface area contributed by atoms with Crippen LogP contribution in [-0.4, -0.2) is 16.1 Å². The molecule has 0 N–H and O–H groups in total. The minimum Gasteiger partial charge on any atom is -0.456 e. The summed E-state index contributed by atoms with van der Waals surface area (Å²) in [5.41, 5.74) is 5.39. The zero-order valence-corrected chi connectivity index (χ0v) is 33.9. The van der Waals surface area contributed by atoms with E-state index < -0.39 is 16.1 Å². The number of hydrogen-bond acceptors (Lipinski definition) is 2. The molecule has 274 valence electrons. The lowest BCUT2D eigenvalue weighted by atomic mass is 10.1. The second-order valence-electron chi connectivity index (χ2n) is 15.2. The Balaban J connectivity index is 1.29. The minimum absolute atomic E-state index is 0.895. The molecular formula is C54H39NOSi2. The molecule has 0 aliphatic carbocycles. The number of rotatable bonds is 7. The Kier molecular flexibility index (Phi) is 8.21. The van der Waals surface area contributed by atoms with Gasteiger partial charge in [-0.2, -0.15) is 0 Å². The molecule has 0 bridgehead atoms. The number of fused-ring (bicyclic) bond motifs is 5. The molecule has 10 aromatic rings. The Morgan fingerprint density at radius 3 is 1.29 bits per heavy atom. The van der Waals surface area contributed by atoms with Gasteiger partial charge in [-0.05, 0) is 71.8 Å². The van der Waals surface area contributed by atoms with Gasteiger partial charge in [0.25, 0.3) is 0 Å². The van der Waals surface area contributed by atoms with Gasteiger partial charge in [-0.15, -0.1) is 0 Å². The summed E-state index contributed by atoms with van der Waals surface area (Å²) < 4.78 is 7.11. The van der Waals surface area contributed by atoms with Gasteiger partial charge in [0.05, 0.1) is 0 Å². The van der Waals surface area contributed by atoms with Crippen molar-refractivity contribution >= 4 is 96.6 Å². The molecule has 0 saturated carbocycles. The van der Waals surface area contributed by atoms with E-state index in [0.29, 0.717) is 0 Å². The molecule has 4 heteroatoms. The molecule has 0 fully saturated rings. The lowest BCUT2D eigenvalue weighted by Crippen LogP contribution is -2.77. The summed E-state index contributed by atoms with van der Waals surface area (Å²) >= 11 is 0. The van der Waals surface area contributed by atoms with Crippen molar-refractivity contribution in [2.75, 3.05) is 4.90 Å². The van der Waals surface area contributed by atoms with Gasteiger partial charge in [-0.1, -0.05) is 206 Å². The Labute approximate surface area is 341 Å². The van der Waals surface area contributed by atoms with Crippen LogP contribution in [0.3, 0.4) is 0 Å². The molecule has 2 nitrogen and oxygen atoms in total. The first kappa shape index (κ1) is 34.3. The maximum Gasteiger partial charge on any atom is 0.184 e. The van der Waals surface area contributed by atoms with E-state index in [2.05, 4.69) is 241 Å². The van der Waals surface area contributed by atoms with Crippen LogP contribution in [0, 0.1) is 0 Å². The molecule has 58 heavy (non-hydrogen) atoms. The van der Waals surface area contributed by atoms with Crippen molar-refractivity contribution in [1.82, 2.24) is 0 Å². The first-order valence-electron chi connectivity index (χ1n) is 20.0. The number of nitrogens with zero attached hydrogens (tertiary/aromatic N) is 1. The van der Waals surface area contributed by atoms with E-state index in [1.165, 1.54) is 52.9 Å². The third-order valence-electron chi connectivity index (χ3n) is 12.3. The molecule has 0 saturated heterocycles. The zero-order chi connectivity index (χ0) is 38.5. The third-order valence-corrected chi connectivity index (χ3v) is 21.9. The summed E-state index contributed by atoms with van der Waals surface area (Å²) in [6, 6.07) is 87.8. The van der Waals surface area contributed by atoms with E-state index >= 15 is 0 Å². The molecule has 0 atom stereocenters. The lowest BCUT2D eigenvalue weighted by molar-refractivity contribution is 0.671. The highest BCUT2D eigenvalue weighted by Gasteiger charge is 2.49. The number of para-hydroxylation sites is 3. The first-order chi connectivity index (χ1) is 28.8. The van der Waals surface area contributed by atoms with E-state index in [1.54, 1.807) is 0 Å². The van der Waals surface area contributed by atoms with Crippen molar-refractivity contribution in [3.63, 3.8) is 0 Å². The molecule has 0 amide bonds. The van der Waals surface area contributed by atoms with Crippen molar-refractivity contribution in [2.45, 2.75) is 0 Å². The van der Waals surface area contributed by atoms with Gasteiger partial charge in [-0.25, -0.2) is 0 Å². The Bertz CT molecular complexity index is 2870. The highest BCUT2D eigenvalue weighted by Crippen LogP contribution is 2.41. The average molecular weight is 774 g/mol. The largest absolute Gasteiger partial charge is 0.456 e. The summed E-state index contributed by atoms with van der Waals surface area (Å²) in [6.07, 6.45) is 0. The van der Waals surface area contributed by atoms with Crippen LogP contribution in [0.5, 0.6) is 0 Å². The summed E-state index contributed by atoms with van der Waals surface area (Å²) in [5.74, 6) is 0. The van der Waals surface area contributed by atoms with Gasteiger partial charge < -0.3 is 9.32 Å². The quantitative estimate of drug-likeness (QED) is 0.120. The normalized spacial score (nSPS) is 13.3. The molecule has 2 heterocycles. The first-order valence-corrected chi connectivity index (χ1v) is 24.0. The highest BCUT2D eigenvalue weighted by atomic mass is 28.3. The lowest BCUT2D eigenvalue weighted by Gasteiger charge is -2.45. The highest BCUT2D eigenvalue weighted by molar-refractivity contribution is 7.22. The minimum atomic E-state index is -3.05. The molecule has 11 rings (SSSR count). The maximum absolute atomic E-state index is 7.11. The number of hydrogen-bond donors (Lipinski definition) is 0. The zero-order valence-electron chi connectivity index (χ0n) is 31.9. The van der Waals surface area contributed by atoms with E-state index in [0.717, 1.165) is 27.6 Å². The van der Waals surface area contributed by atoms with Crippen LogP contribution < -0.4 is 46.4 Å². The molecule has 1 aliphatic rings. The summed E-state index contributed by atoms with van der Waals surface area (Å²) in [6.45, 7) is 0. The van der Waals surface area contributed by atoms with E-state index in [4.69, 9.17) is 4.42 Å². The van der Waals surface area contributed by atoms with Gasteiger partial charge >= 0.3 is 0 Å². The molecule has 0 radical (unpaired) electrons. The third kappa shape index (κ3) is 5.02. The second kappa shape index (κ2) is 13.9.